The van der Waals surface area contributed by atoms with E-state index < -0.39 is 3.79 Å². The molecule has 0 aromatic heterocycles. The number of hydrogen-bond donors (Lipinski definition) is 0. The van der Waals surface area contributed by atoms with Gasteiger partial charge in [-0.05, 0) is 6.42 Å². The fraction of sp³-hybridized carbons (Fsp3) is 0.500. The highest BCUT2D eigenvalue weighted by Crippen LogP contribution is 2.30. The minimum atomic E-state index is -1.17. The van der Waals surface area contributed by atoms with Crippen molar-refractivity contribution in [3.63, 3.8) is 0 Å². The Morgan fingerprint density at radius 3 is 2.17 bits per heavy atom. The van der Waals surface area contributed by atoms with E-state index in [1.807, 2.05) is 24.3 Å². The Kier molecular flexibility index (Phi) is 7.76. The highest BCUT2D eigenvalue weighted by molar-refractivity contribution is 9.09. The molecule has 0 fully saturated rings. The van der Waals surface area contributed by atoms with Crippen molar-refractivity contribution in [3.05, 3.63) is 24.3 Å². The Morgan fingerprint density at radius 2 is 1.67 bits per heavy atom. The molecule has 4 heteroatoms. The van der Waals surface area contributed by atoms with Crippen LogP contribution < -0.4 is 0 Å². The predicted molar refractivity (Wildman–Crippen MR) is 61.6 cm³/mol. The van der Waals surface area contributed by atoms with Crippen LogP contribution in [0.2, 0.25) is 0 Å². The van der Waals surface area contributed by atoms with Gasteiger partial charge in [0.25, 0.3) is 0 Å². The molecule has 0 rings (SSSR count). The van der Waals surface area contributed by atoms with E-state index in [2.05, 4.69) is 15.9 Å². The van der Waals surface area contributed by atoms with Gasteiger partial charge < -0.3 is 0 Å². The van der Waals surface area contributed by atoms with Crippen LogP contribution in [0.25, 0.3) is 0 Å². The van der Waals surface area contributed by atoms with E-state index in [4.69, 9.17) is 34.8 Å². The highest BCUT2D eigenvalue weighted by atomic mass is 79.9. The Morgan fingerprint density at radius 1 is 1.08 bits per heavy atom. The minimum absolute atomic E-state index is 0.441. The first kappa shape index (κ1) is 12.8. The lowest BCUT2D eigenvalue weighted by Gasteiger charge is -2.04. The molecule has 0 unspecified atom stereocenters. The number of halogens is 4. The van der Waals surface area contributed by atoms with Crippen molar-refractivity contribution >= 4 is 50.7 Å². The topological polar surface area (TPSA) is 0 Å². The van der Waals surface area contributed by atoms with Gasteiger partial charge >= 0.3 is 0 Å². The van der Waals surface area contributed by atoms with Crippen molar-refractivity contribution in [2.75, 3.05) is 5.33 Å². The smallest absolute Gasteiger partial charge is 0.0925 e. The molecule has 0 bridgehead atoms. The van der Waals surface area contributed by atoms with Gasteiger partial charge in [0.05, 0.1) is 0 Å². The zero-order chi connectivity index (χ0) is 9.45. The molecule has 0 aromatic carbocycles. The number of hydrogen-bond acceptors (Lipinski definition) is 0. The Bertz CT molecular complexity index is 158. The molecule has 0 aliphatic carbocycles. The van der Waals surface area contributed by atoms with Crippen molar-refractivity contribution in [1.82, 2.24) is 0 Å². The molecule has 0 aromatic rings. The Hall–Kier alpha value is 0.830. The van der Waals surface area contributed by atoms with Gasteiger partial charge in [-0.25, -0.2) is 0 Å². The van der Waals surface area contributed by atoms with Crippen molar-refractivity contribution in [1.29, 1.82) is 0 Å². The van der Waals surface area contributed by atoms with Crippen LogP contribution in [-0.4, -0.2) is 9.12 Å². The molecule has 0 aliphatic rings. The quantitative estimate of drug-likeness (QED) is 0.523. The molecule has 0 N–H and O–H groups in total. The summed E-state index contributed by atoms with van der Waals surface area (Å²) in [5.74, 6) is 0. The van der Waals surface area contributed by atoms with Gasteiger partial charge in [0.2, 0.25) is 0 Å². The lowest BCUT2D eigenvalue weighted by Crippen LogP contribution is -1.97. The van der Waals surface area contributed by atoms with Gasteiger partial charge in [0.1, 0.15) is 0 Å². The fourth-order valence-electron chi connectivity index (χ4n) is 0.518. The zero-order valence-corrected chi connectivity index (χ0v) is 10.3. The second kappa shape index (κ2) is 7.25. The average Bonchev–Trinajstić information content (AvgIpc) is 1.94. The average molecular weight is 292 g/mol. The van der Waals surface area contributed by atoms with Crippen molar-refractivity contribution in [3.8, 4) is 0 Å². The van der Waals surface area contributed by atoms with Crippen LogP contribution in [-0.2, 0) is 0 Å². The summed E-state index contributed by atoms with van der Waals surface area (Å²) in [6, 6.07) is 0. The molecule has 0 amide bonds. The van der Waals surface area contributed by atoms with E-state index >= 15 is 0 Å². The fourth-order valence-corrected chi connectivity index (χ4v) is 1.05. The summed E-state index contributed by atoms with van der Waals surface area (Å²) in [5, 5.41) is 0.974. The van der Waals surface area contributed by atoms with Crippen molar-refractivity contribution < 1.29 is 0 Å². The lowest BCUT2D eigenvalue weighted by molar-refractivity contribution is 1.07. The molecule has 0 nitrogen and oxygen atoms in total. The molecular weight excluding hydrogens is 282 g/mol. The van der Waals surface area contributed by atoms with Crippen LogP contribution in [0.5, 0.6) is 0 Å². The highest BCUT2D eigenvalue weighted by Gasteiger charge is 2.15. The largest absolute Gasteiger partial charge is 0.194 e. The van der Waals surface area contributed by atoms with E-state index in [-0.39, 0.29) is 0 Å². The van der Waals surface area contributed by atoms with Crippen molar-refractivity contribution in [2.24, 2.45) is 0 Å². The van der Waals surface area contributed by atoms with Crippen LogP contribution in [0, 0.1) is 0 Å². The first-order valence-electron chi connectivity index (χ1n) is 3.50. The summed E-state index contributed by atoms with van der Waals surface area (Å²) in [6.07, 6.45) is 9.15. The number of allylic oxidation sites excluding steroid dienone is 4. The summed E-state index contributed by atoms with van der Waals surface area (Å²) in [4.78, 5) is 0. The maximum Gasteiger partial charge on any atom is 0.194 e. The molecular formula is C8H10BrCl3. The molecule has 12 heavy (non-hydrogen) atoms. The molecule has 0 heterocycles. The van der Waals surface area contributed by atoms with Gasteiger partial charge in [-0.1, -0.05) is 75.0 Å². The van der Waals surface area contributed by atoms with E-state index in [0.717, 1.165) is 11.8 Å². The number of rotatable bonds is 4. The molecule has 0 saturated heterocycles. The summed E-state index contributed by atoms with van der Waals surface area (Å²) in [7, 11) is 0. The molecule has 70 valence electrons. The standard InChI is InChI=1S/C8H10BrCl3/c9-7-5-3-1-2-4-6-8(10,11)12/h1-4H,5-7H2. The van der Waals surface area contributed by atoms with Crippen LogP contribution >= 0.6 is 50.7 Å². The third-order valence-electron chi connectivity index (χ3n) is 1.01. The summed E-state index contributed by atoms with van der Waals surface area (Å²) >= 11 is 19.9. The predicted octanol–water partition coefficient (Wildman–Crippen LogP) is 4.64. The first-order chi connectivity index (χ1) is 5.56. The van der Waals surface area contributed by atoms with Crippen LogP contribution in [0.4, 0.5) is 0 Å². The maximum atomic E-state index is 5.52. The first-order valence-corrected chi connectivity index (χ1v) is 5.76. The second-order valence-corrected chi connectivity index (χ2v) is 5.46. The lowest BCUT2D eigenvalue weighted by atomic mass is 10.3. The maximum absolute atomic E-state index is 5.52. The van der Waals surface area contributed by atoms with E-state index in [1.165, 1.54) is 0 Å². The van der Waals surface area contributed by atoms with Crippen LogP contribution in [0.1, 0.15) is 12.8 Å². The Labute approximate surface area is 96.7 Å². The molecule has 0 spiro atoms. The molecule has 0 atom stereocenters. The molecule has 0 saturated carbocycles. The molecule has 0 aliphatic heterocycles. The third kappa shape index (κ3) is 10.8. The van der Waals surface area contributed by atoms with Crippen LogP contribution in [0.3, 0.4) is 0 Å². The normalized spacial score (nSPS) is 13.3. The Balaban J connectivity index is 3.50. The van der Waals surface area contributed by atoms with Gasteiger partial charge in [-0.2, -0.15) is 0 Å². The summed E-state index contributed by atoms with van der Waals surface area (Å²) in [6.45, 7) is 0. The van der Waals surface area contributed by atoms with Crippen molar-refractivity contribution in [2.45, 2.75) is 16.6 Å². The van der Waals surface area contributed by atoms with Gasteiger partial charge in [0, 0.05) is 11.8 Å². The second-order valence-electron chi connectivity index (χ2n) is 2.15. The van der Waals surface area contributed by atoms with E-state index in [1.54, 1.807) is 0 Å². The minimum Gasteiger partial charge on any atom is -0.0925 e. The molecule has 0 radical (unpaired) electrons. The zero-order valence-electron chi connectivity index (χ0n) is 6.44. The van der Waals surface area contributed by atoms with Gasteiger partial charge in [0.15, 0.2) is 3.79 Å². The van der Waals surface area contributed by atoms with Gasteiger partial charge in [-0.15, -0.1) is 0 Å². The SMILES string of the molecule is ClC(Cl)(Cl)CC=CC=CCCBr. The summed E-state index contributed by atoms with van der Waals surface area (Å²) in [5.41, 5.74) is 0. The van der Waals surface area contributed by atoms with E-state index in [0.29, 0.717) is 6.42 Å². The third-order valence-corrected chi connectivity index (χ3v) is 1.93. The monoisotopic (exact) mass is 290 g/mol. The number of alkyl halides is 4. The van der Waals surface area contributed by atoms with Gasteiger partial charge in [-0.3, -0.25) is 0 Å². The summed E-state index contributed by atoms with van der Waals surface area (Å²) < 4.78 is -1.17. The van der Waals surface area contributed by atoms with E-state index in [9.17, 15) is 0 Å². The van der Waals surface area contributed by atoms with Crippen LogP contribution in [0.15, 0.2) is 24.3 Å².